The first-order valence-electron chi connectivity index (χ1n) is 7.76. The van der Waals surface area contributed by atoms with Crippen molar-refractivity contribution in [1.29, 1.82) is 0 Å². The lowest BCUT2D eigenvalue weighted by molar-refractivity contribution is -0.385. The fourth-order valence-corrected chi connectivity index (χ4v) is 2.39. The molecule has 0 saturated carbocycles. The highest BCUT2D eigenvalue weighted by molar-refractivity contribution is 5.94. The molecule has 0 spiro atoms. The fourth-order valence-electron chi connectivity index (χ4n) is 2.39. The van der Waals surface area contributed by atoms with Crippen LogP contribution in [0.2, 0.25) is 0 Å². The van der Waals surface area contributed by atoms with Crippen molar-refractivity contribution in [3.63, 3.8) is 0 Å². The molecule has 1 aromatic carbocycles. The summed E-state index contributed by atoms with van der Waals surface area (Å²) < 4.78 is 11.1. The van der Waals surface area contributed by atoms with Gasteiger partial charge in [0.05, 0.1) is 17.6 Å². The predicted octanol–water partition coefficient (Wildman–Crippen LogP) is 2.82. The Hall–Kier alpha value is -1.99. The molecule has 23 heavy (non-hydrogen) atoms. The summed E-state index contributed by atoms with van der Waals surface area (Å²) >= 11 is 0. The number of nitro benzene ring substituents is 1. The van der Waals surface area contributed by atoms with Crippen LogP contribution in [0.4, 0.5) is 11.4 Å². The summed E-state index contributed by atoms with van der Waals surface area (Å²) in [5, 5.41) is 13.6. The predicted molar refractivity (Wildman–Crippen MR) is 85.5 cm³/mol. The highest BCUT2D eigenvalue weighted by atomic mass is 16.6. The number of rotatable bonds is 6. The summed E-state index contributed by atoms with van der Waals surface area (Å²) in [5.74, 6) is -0.334. The van der Waals surface area contributed by atoms with E-state index >= 15 is 0 Å². The number of ether oxygens (including phenoxy) is 2. The minimum Gasteiger partial charge on any atom is -0.376 e. The molecule has 2 unspecified atom stereocenters. The van der Waals surface area contributed by atoms with Gasteiger partial charge in [-0.1, -0.05) is 6.07 Å². The third-order valence-electron chi connectivity index (χ3n) is 3.85. The minimum atomic E-state index is -0.652. The van der Waals surface area contributed by atoms with Gasteiger partial charge < -0.3 is 14.8 Å². The summed E-state index contributed by atoms with van der Waals surface area (Å²) in [6.07, 6.45) is 2.51. The first-order valence-corrected chi connectivity index (χ1v) is 7.76. The van der Waals surface area contributed by atoms with Gasteiger partial charge in [-0.3, -0.25) is 14.9 Å². The first kappa shape index (κ1) is 17.4. The molecule has 7 heteroatoms. The number of anilines is 1. The second-order valence-corrected chi connectivity index (χ2v) is 5.71. The van der Waals surface area contributed by atoms with Crippen molar-refractivity contribution >= 4 is 17.3 Å². The smallest absolute Gasteiger partial charge is 0.274 e. The maximum atomic E-state index is 12.1. The van der Waals surface area contributed by atoms with Gasteiger partial charge in [0, 0.05) is 23.9 Å². The van der Waals surface area contributed by atoms with Crippen molar-refractivity contribution in [2.24, 2.45) is 0 Å². The number of carbonyl (C=O) groups is 1. The van der Waals surface area contributed by atoms with E-state index in [-0.39, 0.29) is 17.7 Å². The zero-order valence-electron chi connectivity index (χ0n) is 13.4. The molecule has 1 saturated heterocycles. The van der Waals surface area contributed by atoms with Gasteiger partial charge in [0.1, 0.15) is 6.10 Å². The molecule has 0 bridgehead atoms. The molecule has 0 radical (unpaired) electrons. The Morgan fingerprint density at radius 1 is 1.52 bits per heavy atom. The largest absolute Gasteiger partial charge is 0.376 e. The van der Waals surface area contributed by atoms with Gasteiger partial charge in [-0.25, -0.2) is 0 Å². The van der Waals surface area contributed by atoms with Crippen molar-refractivity contribution in [2.45, 2.75) is 45.3 Å². The third kappa shape index (κ3) is 5.01. The van der Waals surface area contributed by atoms with Crippen LogP contribution in [0, 0.1) is 17.0 Å². The number of benzene rings is 1. The van der Waals surface area contributed by atoms with Gasteiger partial charge in [-0.2, -0.15) is 0 Å². The Labute approximate surface area is 135 Å². The Kier molecular flexibility index (Phi) is 6.06. The number of nitrogens with zero attached hydrogens (tertiary/aromatic N) is 1. The number of aryl methyl sites for hydroxylation is 1. The van der Waals surface area contributed by atoms with E-state index in [1.54, 1.807) is 26.0 Å². The summed E-state index contributed by atoms with van der Waals surface area (Å²) in [6.45, 7) is 4.42. The van der Waals surface area contributed by atoms with Crippen LogP contribution in [0.25, 0.3) is 0 Å². The lowest BCUT2D eigenvalue weighted by Crippen LogP contribution is -2.32. The summed E-state index contributed by atoms with van der Waals surface area (Å²) in [4.78, 5) is 22.6. The summed E-state index contributed by atoms with van der Waals surface area (Å²) in [7, 11) is 0. The summed E-state index contributed by atoms with van der Waals surface area (Å²) in [6, 6.07) is 4.59. The molecular weight excluding hydrogens is 300 g/mol. The van der Waals surface area contributed by atoms with E-state index in [1.165, 1.54) is 6.07 Å². The molecule has 2 atom stereocenters. The number of nitro groups is 1. The van der Waals surface area contributed by atoms with Crippen LogP contribution in [0.1, 0.15) is 31.7 Å². The molecule has 0 aliphatic carbocycles. The second kappa shape index (κ2) is 8.03. The fraction of sp³-hybridized carbons (Fsp3) is 0.562. The quantitative estimate of drug-likeness (QED) is 0.642. The number of nitrogens with one attached hydrogen (secondary N) is 1. The summed E-state index contributed by atoms with van der Waals surface area (Å²) in [5.41, 5.74) is 0.912. The van der Waals surface area contributed by atoms with Crippen LogP contribution in [-0.2, 0) is 14.3 Å². The van der Waals surface area contributed by atoms with Crippen LogP contribution in [0.3, 0.4) is 0 Å². The van der Waals surface area contributed by atoms with Gasteiger partial charge in [-0.05, 0) is 39.2 Å². The van der Waals surface area contributed by atoms with Crippen LogP contribution in [-0.4, -0.2) is 36.3 Å². The highest BCUT2D eigenvalue weighted by Crippen LogP contribution is 2.22. The zero-order valence-corrected chi connectivity index (χ0v) is 13.4. The van der Waals surface area contributed by atoms with E-state index in [0.717, 1.165) is 25.9 Å². The molecular formula is C16H22N2O5. The number of carbonyl (C=O) groups excluding carboxylic acids is 1. The van der Waals surface area contributed by atoms with E-state index < -0.39 is 11.0 Å². The van der Waals surface area contributed by atoms with E-state index in [9.17, 15) is 14.9 Å². The maximum absolute atomic E-state index is 12.1. The van der Waals surface area contributed by atoms with Crippen molar-refractivity contribution in [3.8, 4) is 0 Å². The van der Waals surface area contributed by atoms with Crippen molar-refractivity contribution in [3.05, 3.63) is 33.9 Å². The lowest BCUT2D eigenvalue weighted by Gasteiger charge is -2.23. The molecule has 1 fully saturated rings. The average Bonchev–Trinajstić information content (AvgIpc) is 2.55. The van der Waals surface area contributed by atoms with Crippen molar-refractivity contribution in [2.75, 3.05) is 18.5 Å². The van der Waals surface area contributed by atoms with E-state index in [4.69, 9.17) is 9.47 Å². The molecule has 1 amide bonds. The lowest BCUT2D eigenvalue weighted by atomic mass is 10.1. The monoisotopic (exact) mass is 322 g/mol. The zero-order chi connectivity index (χ0) is 16.8. The maximum Gasteiger partial charge on any atom is 0.274 e. The standard InChI is InChI=1S/C16H22N2O5/c1-11-6-7-13(9-15(11)18(20)21)17-16(19)12(2)23-10-14-5-3-4-8-22-14/h6-7,9,12,14H,3-5,8,10H2,1-2H3,(H,17,19). The number of hydrogen-bond donors (Lipinski definition) is 1. The molecule has 126 valence electrons. The molecule has 0 aromatic heterocycles. The molecule has 2 rings (SSSR count). The van der Waals surface area contributed by atoms with Gasteiger partial charge in [0.2, 0.25) is 0 Å². The first-order chi connectivity index (χ1) is 11.0. The molecule has 1 N–H and O–H groups in total. The van der Waals surface area contributed by atoms with E-state index in [2.05, 4.69) is 5.32 Å². The molecule has 1 aliphatic heterocycles. The Bertz CT molecular complexity index is 570. The average molecular weight is 322 g/mol. The van der Waals surface area contributed by atoms with Crippen LogP contribution >= 0.6 is 0 Å². The third-order valence-corrected chi connectivity index (χ3v) is 3.85. The van der Waals surface area contributed by atoms with E-state index in [1.807, 2.05) is 0 Å². The Morgan fingerprint density at radius 3 is 2.96 bits per heavy atom. The Balaban J connectivity index is 1.87. The van der Waals surface area contributed by atoms with Crippen molar-refractivity contribution < 1.29 is 19.2 Å². The van der Waals surface area contributed by atoms with Gasteiger partial charge >= 0.3 is 0 Å². The minimum absolute atomic E-state index is 0.0213. The second-order valence-electron chi connectivity index (χ2n) is 5.71. The molecule has 1 aliphatic rings. The Morgan fingerprint density at radius 2 is 2.30 bits per heavy atom. The number of amides is 1. The van der Waals surface area contributed by atoms with Gasteiger partial charge in [0.15, 0.2) is 0 Å². The molecule has 1 aromatic rings. The van der Waals surface area contributed by atoms with Crippen molar-refractivity contribution in [1.82, 2.24) is 0 Å². The van der Waals surface area contributed by atoms with Crippen LogP contribution in [0.15, 0.2) is 18.2 Å². The van der Waals surface area contributed by atoms with E-state index in [0.29, 0.717) is 17.9 Å². The van der Waals surface area contributed by atoms with Gasteiger partial charge in [-0.15, -0.1) is 0 Å². The van der Waals surface area contributed by atoms with Gasteiger partial charge in [0.25, 0.3) is 11.6 Å². The number of hydrogen-bond acceptors (Lipinski definition) is 5. The normalized spacial score (nSPS) is 19.1. The highest BCUT2D eigenvalue weighted by Gasteiger charge is 2.20. The topological polar surface area (TPSA) is 90.7 Å². The van der Waals surface area contributed by atoms with Crippen LogP contribution in [0.5, 0.6) is 0 Å². The SMILES string of the molecule is Cc1ccc(NC(=O)C(C)OCC2CCCCO2)cc1[N+](=O)[O-]. The molecule has 1 heterocycles. The molecule has 7 nitrogen and oxygen atoms in total. The van der Waals surface area contributed by atoms with Crippen LogP contribution < -0.4 is 5.32 Å².